The number of rotatable bonds is 17. The van der Waals surface area contributed by atoms with E-state index in [2.05, 4.69) is 73.4 Å². The van der Waals surface area contributed by atoms with Crippen molar-refractivity contribution in [2.75, 3.05) is 27.8 Å². The lowest BCUT2D eigenvalue weighted by molar-refractivity contribution is -0.138. The SMILES string of the molecule is C#CCC(=O)Nc1cccc2c1CN(C1CCC(=O)NC1=O)C2=O.Cc1nc2cccc(NC(=O)CN=[N+]=[N-])c2c(=O)n1C1CCC(=O)CC1=O.Cc1nc2cccc(NC(=O)Cn3cc(CCCC(=O)Nc4cccc5c4CN(C4CCC(=O)NC4=O)C5=O)nn3)c2c(=O)n1C1CCC(=O)NC1=O. The van der Waals surface area contributed by atoms with Gasteiger partial charge in [-0.1, -0.05) is 40.5 Å². The quantitative estimate of drug-likeness (QED) is 0.0172. The summed E-state index contributed by atoms with van der Waals surface area (Å²) in [5.74, 6) is -2.52. The number of imide groups is 3. The van der Waals surface area contributed by atoms with Gasteiger partial charge in [-0.05, 0) is 106 Å². The summed E-state index contributed by atoms with van der Waals surface area (Å²) in [7, 11) is 0. The van der Waals surface area contributed by atoms with Gasteiger partial charge in [0.05, 0.1) is 57.8 Å². The summed E-state index contributed by atoms with van der Waals surface area (Å²) in [6, 6.07) is 16.5. The van der Waals surface area contributed by atoms with Crippen molar-refractivity contribution in [2.24, 2.45) is 5.11 Å². The monoisotopic (exact) mass is 1420 g/mol. The molecule has 4 unspecified atom stereocenters. The Morgan fingerprint density at radius 2 is 1.05 bits per heavy atom. The van der Waals surface area contributed by atoms with Crippen LogP contribution < -0.4 is 48.3 Å². The van der Waals surface area contributed by atoms with E-state index in [4.69, 9.17) is 12.0 Å². The van der Waals surface area contributed by atoms with Crippen LogP contribution in [0.4, 0.5) is 22.7 Å². The highest BCUT2D eigenvalue weighted by Gasteiger charge is 2.42. The van der Waals surface area contributed by atoms with Crippen molar-refractivity contribution < 1.29 is 67.1 Å². The molecule has 35 nitrogen and oxygen atoms in total. The number of fused-ring (bicyclic) bond motifs is 4. The lowest BCUT2D eigenvalue weighted by Gasteiger charge is -2.29. The first kappa shape index (κ1) is 72.0. The van der Waals surface area contributed by atoms with Crippen molar-refractivity contribution in [3.63, 3.8) is 0 Å². The number of aryl methyl sites for hydroxylation is 3. The minimum atomic E-state index is -0.914. The van der Waals surface area contributed by atoms with Crippen molar-refractivity contribution >= 4 is 127 Å². The molecule has 4 atom stereocenters. The fraction of sp³-hybridized carbons (Fsp3) is 0.333. The Morgan fingerprint density at radius 3 is 1.55 bits per heavy atom. The second-order valence-corrected chi connectivity index (χ2v) is 25.0. The maximum absolute atomic E-state index is 13.7. The van der Waals surface area contributed by atoms with E-state index in [0.29, 0.717) is 81.3 Å². The molecule has 5 aliphatic heterocycles. The van der Waals surface area contributed by atoms with Crippen molar-refractivity contribution in [1.82, 2.24) is 59.8 Å². The minimum absolute atomic E-state index is 0.0610. The molecule has 0 bridgehead atoms. The summed E-state index contributed by atoms with van der Waals surface area (Å²) in [5.41, 5.74) is 12.1. The number of azide groups is 1. The number of amides is 12. The van der Waals surface area contributed by atoms with Gasteiger partial charge in [0, 0.05) is 89.9 Å². The van der Waals surface area contributed by atoms with Crippen LogP contribution in [0.5, 0.6) is 0 Å². The number of carbonyl (C=O) groups excluding carboxylic acids is 14. The molecule has 7 aromatic rings. The Labute approximate surface area is 587 Å². The normalized spacial score (nSPS) is 18.3. The van der Waals surface area contributed by atoms with Crippen LogP contribution in [0.3, 0.4) is 0 Å². The Kier molecular flexibility index (Phi) is 21.5. The van der Waals surface area contributed by atoms with Gasteiger partial charge in [0.15, 0.2) is 5.78 Å². The van der Waals surface area contributed by atoms with Crippen LogP contribution in [-0.4, -0.2) is 145 Å². The first-order chi connectivity index (χ1) is 49.9. The summed E-state index contributed by atoms with van der Waals surface area (Å²) in [6.45, 7) is 2.92. The van der Waals surface area contributed by atoms with E-state index in [1.807, 2.05) is 0 Å². The average Bonchev–Trinajstić information content (AvgIpc) is 1.10. The molecule has 0 spiro atoms. The number of hydrogen-bond donors (Lipinski definition) is 7. The third kappa shape index (κ3) is 15.7. The number of carbonyl (C=O) groups is 14. The second-order valence-electron chi connectivity index (χ2n) is 25.0. The summed E-state index contributed by atoms with van der Waals surface area (Å²) >= 11 is 0. The van der Waals surface area contributed by atoms with Gasteiger partial charge in [-0.15, -0.1) is 11.5 Å². The maximum atomic E-state index is 13.7. The molecule has 3 saturated heterocycles. The predicted molar refractivity (Wildman–Crippen MR) is 366 cm³/mol. The van der Waals surface area contributed by atoms with E-state index < -0.39 is 77.3 Å². The highest BCUT2D eigenvalue weighted by Crippen LogP contribution is 2.35. The molecule has 13 rings (SSSR count). The largest absolute Gasteiger partial charge is 0.326 e. The van der Waals surface area contributed by atoms with Crippen molar-refractivity contribution in [1.29, 1.82) is 0 Å². The second kappa shape index (κ2) is 31.1. The van der Waals surface area contributed by atoms with Gasteiger partial charge in [-0.25, -0.2) is 14.6 Å². The molecule has 12 amide bonds. The van der Waals surface area contributed by atoms with Gasteiger partial charge < -0.3 is 31.1 Å². The van der Waals surface area contributed by atoms with E-state index >= 15 is 0 Å². The molecular weight excluding hydrogens is 1350 g/mol. The van der Waals surface area contributed by atoms with Gasteiger partial charge in [0.1, 0.15) is 48.6 Å². The Hall–Kier alpha value is -13.3. The zero-order chi connectivity index (χ0) is 74.2. The number of nitrogens with one attached hydrogen (secondary N) is 7. The first-order valence-electron chi connectivity index (χ1n) is 32.9. The highest BCUT2D eigenvalue weighted by atomic mass is 16.2. The van der Waals surface area contributed by atoms with E-state index in [-0.39, 0.29) is 153 Å². The zero-order valence-electron chi connectivity index (χ0n) is 55.8. The number of hydrogen-bond acceptors (Lipinski definition) is 21. The van der Waals surface area contributed by atoms with Crippen LogP contribution in [0.25, 0.3) is 32.2 Å². The van der Waals surface area contributed by atoms with Gasteiger partial charge in [0.2, 0.25) is 59.1 Å². The lowest BCUT2D eigenvalue weighted by atomic mass is 9.92. The summed E-state index contributed by atoms with van der Waals surface area (Å²) in [4.78, 5) is 212. The number of benzene rings is 4. The number of piperidine rings is 3. The van der Waals surface area contributed by atoms with Crippen LogP contribution >= 0.6 is 0 Å². The number of ketones is 2. The van der Waals surface area contributed by atoms with Crippen LogP contribution in [0, 0.1) is 26.2 Å². The summed E-state index contributed by atoms with van der Waals surface area (Å²) in [5, 5.41) is 29.2. The number of Topliss-reactive ketones (excluding diaryl/α,β-unsaturated/α-hetero) is 2. The molecule has 0 radical (unpaired) electrons. The average molecular weight is 1420 g/mol. The predicted octanol–water partition coefficient (Wildman–Crippen LogP) is 2.86. The number of anilines is 4. The molecular formula is C69H65N19O16. The molecule has 532 valence electrons. The number of nitrogens with zero attached hydrogens (tertiary/aromatic N) is 12. The van der Waals surface area contributed by atoms with E-state index in [9.17, 15) is 76.7 Å². The minimum Gasteiger partial charge on any atom is -0.326 e. The van der Waals surface area contributed by atoms with Crippen molar-refractivity contribution in [2.45, 2.75) is 141 Å². The molecule has 7 N–H and O–H groups in total. The smallest absolute Gasteiger partial charge is 0.264 e. The Balaban J connectivity index is 0.000000177. The molecule has 6 aliphatic rings. The van der Waals surface area contributed by atoms with Gasteiger partial charge in [-0.2, -0.15) is 0 Å². The molecule has 4 aromatic carbocycles. The van der Waals surface area contributed by atoms with E-state index in [0.717, 1.165) is 0 Å². The Bertz CT molecular complexity index is 5080. The van der Waals surface area contributed by atoms with Crippen LogP contribution in [0.15, 0.2) is 93.7 Å². The third-order valence-corrected chi connectivity index (χ3v) is 18.0. The van der Waals surface area contributed by atoms with E-state index in [1.165, 1.54) is 29.7 Å². The standard InChI is InChI=1S/C35H34N10O8.C17H16N6O4.C17H15N3O4/c1-18-36-23-8-4-9-24(31(23)35(53)45(18)26-12-14-29(48)40-33(26)51)38-30(49)17-43-15-19(41-42-43)5-2-10-27(46)37-22-7-3-6-20-21(22)16-44(34(20)52)25-11-13-28(47)39-32(25)50;1-9-20-11-3-2-4-12(21-15(26)8-19-22-18)16(11)17(27)23(9)13-6-5-10(24)7-14(13)25;1-2-4-14(21)18-12-6-3-5-10-11(12)9-20(17(10)24)13-7-8-15(22)19-16(13)23/h3-4,6-9,15,25-26H,2,5,10-14,16-17H2,1H3,(H,37,46)(H,38,49)(H,39,47,50)(H,40,48,51);2-4,13H,5-8H2,1H3,(H,21,26);1,3,5-6,13H,4,7-9H2,(H,18,21)(H,19,22,23). The summed E-state index contributed by atoms with van der Waals surface area (Å²) in [6.07, 6.45) is 8.95. The molecule has 35 heteroatoms. The van der Waals surface area contributed by atoms with Crippen LogP contribution in [-0.2, 0) is 83.6 Å². The maximum Gasteiger partial charge on any atom is 0.264 e. The fourth-order valence-corrected chi connectivity index (χ4v) is 13.2. The van der Waals surface area contributed by atoms with Gasteiger partial charge in [0.25, 0.3) is 22.9 Å². The van der Waals surface area contributed by atoms with E-state index in [1.54, 1.807) is 86.8 Å². The van der Waals surface area contributed by atoms with Crippen LogP contribution in [0.2, 0.25) is 0 Å². The zero-order valence-corrected chi connectivity index (χ0v) is 55.8. The molecule has 104 heavy (non-hydrogen) atoms. The van der Waals surface area contributed by atoms with Gasteiger partial charge >= 0.3 is 0 Å². The molecule has 1 saturated carbocycles. The fourth-order valence-electron chi connectivity index (χ4n) is 13.2. The Morgan fingerprint density at radius 1 is 0.587 bits per heavy atom. The highest BCUT2D eigenvalue weighted by molar-refractivity contribution is 6.10. The van der Waals surface area contributed by atoms with Gasteiger partial charge in [-0.3, -0.25) is 102 Å². The number of terminal acetylenes is 1. The topological polar surface area (TPSA) is 479 Å². The van der Waals surface area contributed by atoms with Crippen LogP contribution in [0.1, 0.15) is 138 Å². The molecule has 1 aliphatic carbocycles. The summed E-state index contributed by atoms with van der Waals surface area (Å²) < 4.78 is 3.87. The third-order valence-electron chi connectivity index (χ3n) is 18.0. The first-order valence-corrected chi connectivity index (χ1v) is 32.9. The molecule has 4 fully saturated rings. The molecule has 3 aromatic heterocycles. The van der Waals surface area contributed by atoms with Crippen molar-refractivity contribution in [3.05, 3.63) is 150 Å². The number of aromatic nitrogens is 7. The van der Waals surface area contributed by atoms with Crippen molar-refractivity contribution in [3.8, 4) is 12.3 Å². The molecule has 8 heterocycles. The lowest BCUT2D eigenvalue weighted by Crippen LogP contribution is -2.52.